The third-order valence-corrected chi connectivity index (χ3v) is 3.39. The van der Waals surface area contributed by atoms with Crippen molar-refractivity contribution in [2.24, 2.45) is 5.16 Å². The molecule has 1 aromatic rings. The number of phosphoric acid groups is 1. The topological polar surface area (TPSA) is 80.9 Å². The van der Waals surface area contributed by atoms with E-state index in [0.29, 0.717) is 5.56 Å². The van der Waals surface area contributed by atoms with Crippen molar-refractivity contribution in [3.63, 3.8) is 0 Å². The normalized spacial score (nSPS) is 11.9. The Labute approximate surface area is 112 Å². The lowest BCUT2D eigenvalue weighted by Gasteiger charge is -2.12. The summed E-state index contributed by atoms with van der Waals surface area (Å²) in [4.78, 5) is 0. The third kappa shape index (κ3) is 4.84. The van der Waals surface area contributed by atoms with E-state index in [2.05, 4.69) is 5.16 Å². The van der Waals surface area contributed by atoms with Gasteiger partial charge in [0.05, 0.1) is 13.2 Å². The summed E-state index contributed by atoms with van der Waals surface area (Å²) in [5.41, 5.74) is 0.560. The minimum Gasteiger partial charge on any atom is -0.291 e. The average Bonchev–Trinajstić information content (AvgIpc) is 2.41. The van der Waals surface area contributed by atoms with Crippen LogP contribution in [0.2, 0.25) is 0 Å². The van der Waals surface area contributed by atoms with Gasteiger partial charge in [-0.15, -0.1) is 0 Å². The number of benzene rings is 1. The molecule has 7 heteroatoms. The van der Waals surface area contributed by atoms with Gasteiger partial charge in [0.25, 0.3) is 0 Å². The zero-order valence-corrected chi connectivity index (χ0v) is 11.7. The molecule has 0 bridgehead atoms. The summed E-state index contributed by atoms with van der Waals surface area (Å²) in [5.74, 6) is 0. The van der Waals surface area contributed by atoms with Crippen LogP contribution in [0, 0.1) is 11.3 Å². The van der Waals surface area contributed by atoms with Gasteiger partial charge >= 0.3 is 7.82 Å². The molecular weight excluding hydrogens is 267 g/mol. The number of nitriles is 1. The summed E-state index contributed by atoms with van der Waals surface area (Å²) in [6.45, 7) is 3.61. The maximum Gasteiger partial charge on any atom is 0.550 e. The molecule has 0 spiro atoms. The molecule has 102 valence electrons. The van der Waals surface area contributed by atoms with Crippen LogP contribution in [-0.2, 0) is 18.2 Å². The molecule has 0 saturated heterocycles. The molecule has 0 fully saturated rings. The van der Waals surface area contributed by atoms with Crippen LogP contribution in [-0.4, -0.2) is 18.9 Å². The van der Waals surface area contributed by atoms with Gasteiger partial charge in [0.2, 0.25) is 0 Å². The molecule has 1 aromatic carbocycles. The van der Waals surface area contributed by atoms with Gasteiger partial charge in [0, 0.05) is 5.56 Å². The first-order valence-electron chi connectivity index (χ1n) is 5.76. The first-order chi connectivity index (χ1) is 9.15. The highest BCUT2D eigenvalue weighted by molar-refractivity contribution is 7.48. The Balaban J connectivity index is 2.88. The van der Waals surface area contributed by atoms with Crippen molar-refractivity contribution in [2.45, 2.75) is 13.8 Å². The van der Waals surface area contributed by atoms with E-state index in [4.69, 9.17) is 18.9 Å². The summed E-state index contributed by atoms with van der Waals surface area (Å²) in [5, 5.41) is 12.6. The molecule has 0 aliphatic heterocycles. The number of oxime groups is 1. The highest BCUT2D eigenvalue weighted by Crippen LogP contribution is 2.49. The van der Waals surface area contributed by atoms with E-state index in [1.807, 2.05) is 12.1 Å². The van der Waals surface area contributed by atoms with Gasteiger partial charge in [-0.3, -0.25) is 13.7 Å². The van der Waals surface area contributed by atoms with Crippen LogP contribution in [0.1, 0.15) is 19.4 Å². The molecule has 1 rings (SSSR count). The second-order valence-corrected chi connectivity index (χ2v) is 4.86. The van der Waals surface area contributed by atoms with Gasteiger partial charge in [-0.1, -0.05) is 35.5 Å². The summed E-state index contributed by atoms with van der Waals surface area (Å²) < 4.78 is 26.6. The third-order valence-electron chi connectivity index (χ3n) is 1.96. The number of phosphoric ester groups is 1. The van der Waals surface area contributed by atoms with Crippen LogP contribution in [0.3, 0.4) is 0 Å². The van der Waals surface area contributed by atoms with Crippen molar-refractivity contribution in [1.82, 2.24) is 0 Å². The lowest BCUT2D eigenvalue weighted by molar-refractivity contribution is 0.125. The van der Waals surface area contributed by atoms with Gasteiger partial charge < -0.3 is 0 Å². The van der Waals surface area contributed by atoms with Crippen LogP contribution in [0.4, 0.5) is 0 Å². The zero-order valence-electron chi connectivity index (χ0n) is 10.8. The maximum atomic E-state index is 12.0. The van der Waals surface area contributed by atoms with Crippen molar-refractivity contribution in [3.8, 4) is 6.07 Å². The highest BCUT2D eigenvalue weighted by Gasteiger charge is 2.27. The first kappa shape index (κ1) is 15.4. The van der Waals surface area contributed by atoms with Crippen LogP contribution in [0.15, 0.2) is 35.5 Å². The fourth-order valence-electron chi connectivity index (χ4n) is 1.23. The molecule has 0 aliphatic rings. The summed E-state index contributed by atoms with van der Waals surface area (Å²) in [6.07, 6.45) is 0. The molecule has 19 heavy (non-hydrogen) atoms. The van der Waals surface area contributed by atoms with Gasteiger partial charge in [-0.25, -0.2) is 4.57 Å². The van der Waals surface area contributed by atoms with Gasteiger partial charge in [-0.05, 0) is 13.8 Å². The molecule has 0 aromatic heterocycles. The van der Waals surface area contributed by atoms with Crippen molar-refractivity contribution >= 4 is 13.5 Å². The molecule has 0 aliphatic carbocycles. The molecule has 6 nitrogen and oxygen atoms in total. The largest absolute Gasteiger partial charge is 0.550 e. The van der Waals surface area contributed by atoms with Crippen LogP contribution in [0.25, 0.3) is 0 Å². The average molecular weight is 282 g/mol. The predicted octanol–water partition coefficient (Wildman–Crippen LogP) is 3.11. The van der Waals surface area contributed by atoms with E-state index >= 15 is 0 Å². The first-order valence-corrected chi connectivity index (χ1v) is 7.22. The summed E-state index contributed by atoms with van der Waals surface area (Å²) in [6, 6.07) is 10.6. The van der Waals surface area contributed by atoms with E-state index in [0.717, 1.165) is 0 Å². The minimum atomic E-state index is -3.75. The van der Waals surface area contributed by atoms with E-state index in [1.54, 1.807) is 38.1 Å². The number of rotatable bonds is 7. The van der Waals surface area contributed by atoms with E-state index in [9.17, 15) is 4.57 Å². The maximum absolute atomic E-state index is 12.0. The van der Waals surface area contributed by atoms with Crippen LogP contribution in [0.5, 0.6) is 0 Å². The monoisotopic (exact) mass is 282 g/mol. The minimum absolute atomic E-state index is 0.000214. The van der Waals surface area contributed by atoms with E-state index < -0.39 is 7.82 Å². The molecular formula is C12H15N2O4P. The van der Waals surface area contributed by atoms with Crippen molar-refractivity contribution in [1.29, 1.82) is 5.26 Å². The molecule has 0 atom stereocenters. The molecule has 0 N–H and O–H groups in total. The van der Waals surface area contributed by atoms with Crippen molar-refractivity contribution < 1.29 is 18.2 Å². The molecule has 0 radical (unpaired) electrons. The fraction of sp³-hybridized carbons (Fsp3) is 0.333. The zero-order chi connectivity index (χ0) is 14.1. The van der Waals surface area contributed by atoms with E-state index in [1.165, 1.54) is 0 Å². The lowest BCUT2D eigenvalue weighted by Crippen LogP contribution is -2.01. The van der Waals surface area contributed by atoms with Gasteiger partial charge in [0.1, 0.15) is 6.07 Å². The Morgan fingerprint density at radius 2 is 1.84 bits per heavy atom. The Morgan fingerprint density at radius 3 is 2.32 bits per heavy atom. The lowest BCUT2D eigenvalue weighted by atomic mass is 10.1. The number of hydrogen-bond acceptors (Lipinski definition) is 6. The van der Waals surface area contributed by atoms with Crippen molar-refractivity contribution in [2.75, 3.05) is 13.2 Å². The fourth-order valence-corrected chi connectivity index (χ4v) is 2.21. The van der Waals surface area contributed by atoms with Gasteiger partial charge in [-0.2, -0.15) is 5.26 Å². The molecule has 0 amide bonds. The SMILES string of the molecule is CCOP(=O)(OCC)O/N=C(\C#N)c1ccccc1. The Hall–Kier alpha value is -1.67. The molecule has 0 unspecified atom stereocenters. The Morgan fingerprint density at radius 1 is 1.26 bits per heavy atom. The predicted molar refractivity (Wildman–Crippen MR) is 70.5 cm³/mol. The highest BCUT2D eigenvalue weighted by atomic mass is 31.2. The smallest absolute Gasteiger partial charge is 0.291 e. The number of hydrogen-bond donors (Lipinski definition) is 0. The standard InChI is InChI=1S/C12H15N2O4P/c1-3-16-19(15,17-4-2)18-14-12(10-13)11-8-6-5-7-9-11/h5-9H,3-4H2,1-2H3/b14-12+. The van der Waals surface area contributed by atoms with Crippen LogP contribution < -0.4 is 0 Å². The van der Waals surface area contributed by atoms with Crippen molar-refractivity contribution in [3.05, 3.63) is 35.9 Å². The summed E-state index contributed by atoms with van der Waals surface area (Å²) in [7, 11) is -3.75. The summed E-state index contributed by atoms with van der Waals surface area (Å²) >= 11 is 0. The molecule has 0 heterocycles. The van der Waals surface area contributed by atoms with Gasteiger partial charge in [0.15, 0.2) is 5.71 Å². The quantitative estimate of drug-likeness (QED) is 0.436. The second kappa shape index (κ2) is 7.70. The van der Waals surface area contributed by atoms with Crippen LogP contribution >= 0.6 is 7.82 Å². The second-order valence-electron chi connectivity index (χ2n) is 3.28. The Bertz CT molecular complexity index is 500. The molecule has 0 saturated carbocycles. The number of nitrogens with zero attached hydrogens (tertiary/aromatic N) is 2. The van der Waals surface area contributed by atoms with E-state index in [-0.39, 0.29) is 18.9 Å². The Kier molecular flexibility index (Phi) is 6.23.